The third-order valence-corrected chi connectivity index (χ3v) is 5.95. The van der Waals surface area contributed by atoms with Crippen LogP contribution in [0.1, 0.15) is 26.2 Å². The first-order valence-electron chi connectivity index (χ1n) is 7.20. The summed E-state index contributed by atoms with van der Waals surface area (Å²) in [6.07, 6.45) is 2.57. The molecule has 6 heteroatoms. The summed E-state index contributed by atoms with van der Waals surface area (Å²) in [6.45, 7) is 5.33. The number of carbonyl (C=O) groups excluding carboxylic acids is 1. The average molecular weight is 288 g/mol. The first kappa shape index (κ1) is 14.8. The van der Waals surface area contributed by atoms with Crippen molar-refractivity contribution >= 4 is 15.7 Å². The van der Waals surface area contributed by atoms with Crippen molar-refractivity contribution in [1.82, 2.24) is 10.2 Å². The molecule has 0 spiro atoms. The van der Waals surface area contributed by atoms with Gasteiger partial charge in [0, 0.05) is 13.1 Å². The van der Waals surface area contributed by atoms with Crippen LogP contribution >= 0.6 is 0 Å². The maximum absolute atomic E-state index is 12.1. The number of nitrogens with one attached hydrogen (secondary N) is 1. The zero-order valence-corrected chi connectivity index (χ0v) is 12.4. The number of amides is 1. The highest BCUT2D eigenvalue weighted by molar-refractivity contribution is 7.92. The number of sulfone groups is 1. The number of likely N-dealkylation sites (tertiary alicyclic amines) is 1. The molecule has 2 heterocycles. The van der Waals surface area contributed by atoms with Gasteiger partial charge in [0.1, 0.15) is 5.75 Å². The van der Waals surface area contributed by atoms with Gasteiger partial charge in [-0.2, -0.15) is 0 Å². The fraction of sp³-hybridized carbons (Fsp3) is 0.923. The Kier molecular flexibility index (Phi) is 4.84. The molecule has 19 heavy (non-hydrogen) atoms. The highest BCUT2D eigenvalue weighted by atomic mass is 32.2. The molecule has 110 valence electrons. The third-order valence-electron chi connectivity index (χ3n) is 4.23. The quantitative estimate of drug-likeness (QED) is 0.806. The minimum atomic E-state index is -3.21. The smallest absolute Gasteiger partial charge is 0.237 e. The van der Waals surface area contributed by atoms with Crippen LogP contribution < -0.4 is 5.32 Å². The summed E-state index contributed by atoms with van der Waals surface area (Å²) in [4.78, 5) is 13.8. The van der Waals surface area contributed by atoms with Crippen LogP contribution in [0.3, 0.4) is 0 Å². The molecule has 0 saturated carbocycles. The van der Waals surface area contributed by atoms with Gasteiger partial charge in [0.25, 0.3) is 0 Å². The lowest BCUT2D eigenvalue weighted by molar-refractivity contribution is -0.128. The summed E-state index contributed by atoms with van der Waals surface area (Å²) >= 11 is 0. The van der Waals surface area contributed by atoms with Crippen molar-refractivity contribution in [1.29, 1.82) is 0 Å². The second-order valence-electron chi connectivity index (χ2n) is 5.73. The molecule has 1 amide bonds. The van der Waals surface area contributed by atoms with Gasteiger partial charge >= 0.3 is 0 Å². The van der Waals surface area contributed by atoms with Crippen LogP contribution in [-0.2, 0) is 14.6 Å². The van der Waals surface area contributed by atoms with Crippen molar-refractivity contribution < 1.29 is 13.2 Å². The van der Waals surface area contributed by atoms with Crippen molar-refractivity contribution in [2.45, 2.75) is 26.2 Å². The van der Waals surface area contributed by atoms with Gasteiger partial charge in [0.2, 0.25) is 5.91 Å². The van der Waals surface area contributed by atoms with Crippen LogP contribution in [0, 0.1) is 11.8 Å². The second kappa shape index (κ2) is 6.22. The van der Waals surface area contributed by atoms with E-state index in [4.69, 9.17) is 0 Å². The van der Waals surface area contributed by atoms with Gasteiger partial charge < -0.3 is 10.2 Å². The zero-order valence-electron chi connectivity index (χ0n) is 11.6. The number of nitrogens with zero attached hydrogens (tertiary/aromatic N) is 1. The second-order valence-corrected chi connectivity index (χ2v) is 7.91. The van der Waals surface area contributed by atoms with Crippen molar-refractivity contribution in [3.05, 3.63) is 0 Å². The molecule has 0 aromatic heterocycles. The van der Waals surface area contributed by atoms with Crippen molar-refractivity contribution in [2.75, 3.05) is 37.7 Å². The number of hydrogen-bond acceptors (Lipinski definition) is 4. The standard InChI is InChI=1S/C13H24N2O3S/c1-2-7-19(17,18)10-13(16)15-5-3-11-8-14-9-12(11)4-6-15/h11-12,14H,2-10H2,1H3/t11-,12+. The Labute approximate surface area is 115 Å². The minimum absolute atomic E-state index is 0.113. The molecule has 2 aliphatic rings. The lowest BCUT2D eigenvalue weighted by atomic mass is 9.92. The van der Waals surface area contributed by atoms with E-state index in [2.05, 4.69) is 5.32 Å². The molecule has 0 aromatic rings. The Morgan fingerprint density at radius 1 is 1.21 bits per heavy atom. The summed E-state index contributed by atoms with van der Waals surface area (Å²) in [7, 11) is -3.21. The van der Waals surface area contributed by atoms with Gasteiger partial charge in [-0.15, -0.1) is 0 Å². The average Bonchev–Trinajstić information content (AvgIpc) is 2.67. The molecule has 2 rings (SSSR count). The number of rotatable bonds is 4. The van der Waals surface area contributed by atoms with E-state index in [1.165, 1.54) is 0 Å². The van der Waals surface area contributed by atoms with Gasteiger partial charge in [-0.1, -0.05) is 6.92 Å². The largest absolute Gasteiger partial charge is 0.342 e. The fourth-order valence-corrected chi connectivity index (χ4v) is 4.46. The molecule has 0 aromatic carbocycles. The van der Waals surface area contributed by atoms with Crippen LogP contribution in [0.2, 0.25) is 0 Å². The van der Waals surface area contributed by atoms with Crippen LogP contribution in [0.15, 0.2) is 0 Å². The van der Waals surface area contributed by atoms with Gasteiger partial charge in [0.15, 0.2) is 9.84 Å². The SMILES string of the molecule is CCCS(=O)(=O)CC(=O)N1CC[C@@H]2CNC[C@@H]2CC1. The van der Waals surface area contributed by atoms with Gasteiger partial charge in [0.05, 0.1) is 5.75 Å². The van der Waals surface area contributed by atoms with Gasteiger partial charge in [-0.05, 0) is 44.2 Å². The van der Waals surface area contributed by atoms with Crippen molar-refractivity contribution in [3.8, 4) is 0 Å². The molecule has 2 saturated heterocycles. The Morgan fingerprint density at radius 2 is 1.79 bits per heavy atom. The molecule has 1 N–H and O–H groups in total. The molecule has 0 bridgehead atoms. The lowest BCUT2D eigenvalue weighted by Gasteiger charge is -2.20. The normalized spacial score (nSPS) is 27.9. The topological polar surface area (TPSA) is 66.5 Å². The summed E-state index contributed by atoms with van der Waals surface area (Å²) in [6, 6.07) is 0. The number of hydrogen-bond donors (Lipinski definition) is 1. The molecule has 5 nitrogen and oxygen atoms in total. The Bertz CT molecular complexity index is 408. The number of carbonyl (C=O) groups is 1. The Balaban J connectivity index is 1.90. The van der Waals surface area contributed by atoms with E-state index < -0.39 is 9.84 Å². The van der Waals surface area contributed by atoms with Crippen molar-refractivity contribution in [3.63, 3.8) is 0 Å². The van der Waals surface area contributed by atoms with E-state index in [9.17, 15) is 13.2 Å². The predicted molar refractivity (Wildman–Crippen MR) is 74.6 cm³/mol. The summed E-state index contributed by atoms with van der Waals surface area (Å²) in [5.74, 6) is 0.910. The van der Waals surface area contributed by atoms with E-state index in [0.717, 1.165) is 25.9 Å². The Morgan fingerprint density at radius 3 is 2.32 bits per heavy atom. The van der Waals surface area contributed by atoms with Crippen LogP contribution in [-0.4, -0.2) is 56.9 Å². The van der Waals surface area contributed by atoms with Crippen molar-refractivity contribution in [2.24, 2.45) is 11.8 Å². The molecule has 2 atom stereocenters. The highest BCUT2D eigenvalue weighted by Gasteiger charge is 2.32. The van der Waals surface area contributed by atoms with Crippen LogP contribution in [0.5, 0.6) is 0 Å². The van der Waals surface area contributed by atoms with E-state index in [0.29, 0.717) is 31.3 Å². The maximum Gasteiger partial charge on any atom is 0.237 e. The lowest BCUT2D eigenvalue weighted by Crippen LogP contribution is -2.37. The molecule has 0 aliphatic carbocycles. The first-order chi connectivity index (χ1) is 9.02. The van der Waals surface area contributed by atoms with Gasteiger partial charge in [-0.25, -0.2) is 8.42 Å². The minimum Gasteiger partial charge on any atom is -0.342 e. The first-order valence-corrected chi connectivity index (χ1v) is 9.03. The fourth-order valence-electron chi connectivity index (χ4n) is 3.13. The summed E-state index contributed by atoms with van der Waals surface area (Å²) in [5, 5.41) is 3.39. The van der Waals surface area contributed by atoms with E-state index in [-0.39, 0.29) is 17.4 Å². The predicted octanol–water partition coefficient (Wildman–Crippen LogP) is 0.269. The molecule has 0 radical (unpaired) electrons. The summed E-state index contributed by atoms with van der Waals surface area (Å²) < 4.78 is 23.4. The monoisotopic (exact) mass is 288 g/mol. The Hall–Kier alpha value is -0.620. The third kappa shape index (κ3) is 3.92. The van der Waals surface area contributed by atoms with E-state index >= 15 is 0 Å². The van der Waals surface area contributed by atoms with Crippen LogP contribution in [0.4, 0.5) is 0 Å². The molecule has 2 aliphatic heterocycles. The molecule has 0 unspecified atom stereocenters. The van der Waals surface area contributed by atoms with E-state index in [1.54, 1.807) is 4.90 Å². The maximum atomic E-state index is 12.1. The van der Waals surface area contributed by atoms with Crippen LogP contribution in [0.25, 0.3) is 0 Å². The van der Waals surface area contributed by atoms with E-state index in [1.807, 2.05) is 6.92 Å². The highest BCUT2D eigenvalue weighted by Crippen LogP contribution is 2.27. The zero-order chi connectivity index (χ0) is 13.9. The molecular formula is C13H24N2O3S. The van der Waals surface area contributed by atoms with Gasteiger partial charge in [-0.3, -0.25) is 4.79 Å². The molecule has 2 fully saturated rings. The molecular weight excluding hydrogens is 264 g/mol. The number of fused-ring (bicyclic) bond motifs is 1. The summed E-state index contributed by atoms with van der Waals surface area (Å²) in [5.41, 5.74) is 0.